The summed E-state index contributed by atoms with van der Waals surface area (Å²) in [6.45, 7) is 7.54. The van der Waals surface area contributed by atoms with E-state index in [0.717, 1.165) is 24.0 Å². The van der Waals surface area contributed by atoms with E-state index in [4.69, 9.17) is 0 Å². The lowest BCUT2D eigenvalue weighted by Gasteiger charge is -2.49. The highest BCUT2D eigenvalue weighted by atomic mass is 15.2. The summed E-state index contributed by atoms with van der Waals surface area (Å²) in [4.78, 5) is 5.41. The Kier molecular flexibility index (Phi) is 3.92. The minimum Gasteiger partial charge on any atom is -0.313 e. The number of nitrogens with zero attached hydrogens (tertiary/aromatic N) is 2. The number of hydrogen-bond acceptors (Lipinski definition) is 3. The van der Waals surface area contributed by atoms with E-state index < -0.39 is 0 Å². The molecule has 3 aliphatic rings. The van der Waals surface area contributed by atoms with Crippen LogP contribution in [0.15, 0.2) is 0 Å². The van der Waals surface area contributed by atoms with E-state index in [2.05, 4.69) is 29.1 Å². The largest absolute Gasteiger partial charge is 0.313 e. The van der Waals surface area contributed by atoms with Crippen LogP contribution in [0.2, 0.25) is 0 Å². The summed E-state index contributed by atoms with van der Waals surface area (Å²) in [6, 6.07) is 2.43. The Balaban J connectivity index is 1.57. The molecule has 18 heavy (non-hydrogen) atoms. The summed E-state index contributed by atoms with van der Waals surface area (Å²) in [6.07, 6.45) is 7.03. The molecule has 0 amide bonds. The van der Waals surface area contributed by atoms with Gasteiger partial charge in [-0.15, -0.1) is 0 Å². The highest BCUT2D eigenvalue weighted by molar-refractivity contribution is 4.92. The van der Waals surface area contributed by atoms with Gasteiger partial charge in [-0.25, -0.2) is 0 Å². The maximum absolute atomic E-state index is 3.66. The number of piperidine rings is 3. The first kappa shape index (κ1) is 12.9. The quantitative estimate of drug-likeness (QED) is 0.763. The minimum atomic E-state index is 0.736. The van der Waals surface area contributed by atoms with Gasteiger partial charge in [0.15, 0.2) is 0 Å². The van der Waals surface area contributed by atoms with Crippen molar-refractivity contribution < 1.29 is 0 Å². The van der Waals surface area contributed by atoms with Crippen molar-refractivity contribution in [3.05, 3.63) is 0 Å². The third kappa shape index (κ3) is 2.59. The predicted molar refractivity (Wildman–Crippen MR) is 75.8 cm³/mol. The van der Waals surface area contributed by atoms with Gasteiger partial charge in [0.1, 0.15) is 0 Å². The summed E-state index contributed by atoms with van der Waals surface area (Å²) in [7, 11) is 2.33. The van der Waals surface area contributed by atoms with Gasteiger partial charge < -0.3 is 10.2 Å². The lowest BCUT2D eigenvalue weighted by Crippen LogP contribution is -2.57. The van der Waals surface area contributed by atoms with Crippen LogP contribution in [0.5, 0.6) is 0 Å². The van der Waals surface area contributed by atoms with Gasteiger partial charge in [-0.05, 0) is 65.1 Å². The smallest absolute Gasteiger partial charge is 0.0221 e. The molecule has 3 rings (SSSR count). The minimum absolute atomic E-state index is 0.736. The molecule has 3 nitrogen and oxygen atoms in total. The fourth-order valence-electron chi connectivity index (χ4n) is 4.31. The van der Waals surface area contributed by atoms with E-state index in [-0.39, 0.29) is 0 Å². The van der Waals surface area contributed by atoms with E-state index >= 15 is 0 Å². The molecule has 3 heteroatoms. The van der Waals surface area contributed by atoms with Crippen LogP contribution in [-0.4, -0.2) is 61.2 Å². The molecule has 3 saturated heterocycles. The van der Waals surface area contributed by atoms with Gasteiger partial charge in [0.25, 0.3) is 0 Å². The van der Waals surface area contributed by atoms with Crippen LogP contribution in [0, 0.1) is 5.92 Å². The summed E-state index contributed by atoms with van der Waals surface area (Å²) in [5, 5.41) is 3.66. The van der Waals surface area contributed by atoms with Crippen LogP contribution in [-0.2, 0) is 0 Å². The van der Waals surface area contributed by atoms with Crippen LogP contribution >= 0.6 is 0 Å². The molecule has 0 saturated carbocycles. The third-order valence-electron chi connectivity index (χ3n) is 5.53. The molecule has 0 aromatic carbocycles. The Morgan fingerprint density at radius 3 is 2.72 bits per heavy atom. The van der Waals surface area contributed by atoms with Gasteiger partial charge in [-0.3, -0.25) is 4.90 Å². The normalized spacial score (nSPS) is 43.7. The molecular formula is C15H29N3. The zero-order valence-electron chi connectivity index (χ0n) is 12.1. The second-order valence-electron chi connectivity index (χ2n) is 6.77. The SMILES string of the molecule is CC1CCC(N2CCC3C(CCCN3C)C2)CN1. The number of nitrogens with one attached hydrogen (secondary N) is 1. The molecule has 4 unspecified atom stereocenters. The van der Waals surface area contributed by atoms with E-state index in [1.807, 2.05) is 0 Å². The fourth-order valence-corrected chi connectivity index (χ4v) is 4.31. The first-order valence-electron chi connectivity index (χ1n) is 7.91. The standard InChI is InChI=1S/C15H29N3/c1-12-5-6-14(10-16-12)18-9-7-15-13(11-18)4-3-8-17(15)2/h12-16H,3-11H2,1-2H3. The van der Waals surface area contributed by atoms with E-state index in [1.54, 1.807) is 0 Å². The van der Waals surface area contributed by atoms with Crippen molar-refractivity contribution in [2.45, 2.75) is 57.2 Å². The molecule has 1 N–H and O–H groups in total. The molecule has 4 atom stereocenters. The number of likely N-dealkylation sites (tertiary alicyclic amines) is 2. The van der Waals surface area contributed by atoms with Gasteiger partial charge in [-0.2, -0.15) is 0 Å². The van der Waals surface area contributed by atoms with Gasteiger partial charge >= 0.3 is 0 Å². The lowest BCUT2D eigenvalue weighted by atomic mass is 9.83. The van der Waals surface area contributed by atoms with E-state index in [9.17, 15) is 0 Å². The van der Waals surface area contributed by atoms with Crippen LogP contribution in [0.1, 0.15) is 39.0 Å². The van der Waals surface area contributed by atoms with Crippen LogP contribution < -0.4 is 5.32 Å². The van der Waals surface area contributed by atoms with Crippen molar-refractivity contribution in [3.63, 3.8) is 0 Å². The first-order valence-corrected chi connectivity index (χ1v) is 7.91. The lowest BCUT2D eigenvalue weighted by molar-refractivity contribution is 0.0135. The topological polar surface area (TPSA) is 18.5 Å². The Bertz CT molecular complexity index is 273. The highest BCUT2D eigenvalue weighted by Crippen LogP contribution is 2.31. The second-order valence-corrected chi connectivity index (χ2v) is 6.77. The fraction of sp³-hybridized carbons (Fsp3) is 1.00. The average molecular weight is 251 g/mol. The monoisotopic (exact) mass is 251 g/mol. The molecule has 0 aromatic heterocycles. The summed E-state index contributed by atoms with van der Waals surface area (Å²) < 4.78 is 0. The van der Waals surface area contributed by atoms with Crippen molar-refractivity contribution in [1.29, 1.82) is 0 Å². The average Bonchev–Trinajstić information content (AvgIpc) is 2.39. The van der Waals surface area contributed by atoms with Gasteiger partial charge in [-0.1, -0.05) is 0 Å². The van der Waals surface area contributed by atoms with E-state index in [1.165, 1.54) is 58.3 Å². The highest BCUT2D eigenvalue weighted by Gasteiger charge is 2.36. The molecule has 0 aromatic rings. The number of rotatable bonds is 1. The van der Waals surface area contributed by atoms with Gasteiger partial charge in [0.05, 0.1) is 0 Å². The molecule has 3 aliphatic heterocycles. The van der Waals surface area contributed by atoms with Crippen molar-refractivity contribution in [1.82, 2.24) is 15.1 Å². The van der Waals surface area contributed by atoms with Gasteiger partial charge in [0.2, 0.25) is 0 Å². The summed E-state index contributed by atoms with van der Waals surface area (Å²) in [5.41, 5.74) is 0. The van der Waals surface area contributed by atoms with Crippen LogP contribution in [0.25, 0.3) is 0 Å². The zero-order chi connectivity index (χ0) is 12.5. The molecule has 104 valence electrons. The maximum atomic E-state index is 3.66. The number of fused-ring (bicyclic) bond motifs is 1. The zero-order valence-corrected chi connectivity index (χ0v) is 12.1. The molecule has 3 heterocycles. The molecule has 3 fully saturated rings. The molecular weight excluding hydrogens is 222 g/mol. The Morgan fingerprint density at radius 1 is 1.06 bits per heavy atom. The Labute approximate surface area is 112 Å². The third-order valence-corrected chi connectivity index (χ3v) is 5.53. The van der Waals surface area contributed by atoms with Gasteiger partial charge in [0, 0.05) is 31.2 Å². The maximum Gasteiger partial charge on any atom is 0.0221 e. The summed E-state index contributed by atoms with van der Waals surface area (Å²) >= 11 is 0. The van der Waals surface area contributed by atoms with Crippen LogP contribution in [0.4, 0.5) is 0 Å². The van der Waals surface area contributed by atoms with Crippen molar-refractivity contribution >= 4 is 0 Å². The van der Waals surface area contributed by atoms with Crippen molar-refractivity contribution in [3.8, 4) is 0 Å². The number of hydrogen-bond donors (Lipinski definition) is 1. The molecule has 0 spiro atoms. The first-order chi connectivity index (χ1) is 8.74. The molecule has 0 bridgehead atoms. The van der Waals surface area contributed by atoms with E-state index in [0.29, 0.717) is 0 Å². The van der Waals surface area contributed by atoms with Crippen molar-refractivity contribution in [2.75, 3.05) is 33.2 Å². The second kappa shape index (κ2) is 5.48. The molecule has 0 radical (unpaired) electrons. The Hall–Kier alpha value is -0.120. The Morgan fingerprint density at radius 2 is 1.94 bits per heavy atom. The predicted octanol–water partition coefficient (Wildman–Crippen LogP) is 1.54. The molecule has 0 aliphatic carbocycles. The summed E-state index contributed by atoms with van der Waals surface area (Å²) in [5.74, 6) is 0.942. The van der Waals surface area contributed by atoms with Crippen LogP contribution in [0.3, 0.4) is 0 Å². The van der Waals surface area contributed by atoms with Crippen molar-refractivity contribution in [2.24, 2.45) is 5.92 Å².